The van der Waals surface area contributed by atoms with Gasteiger partial charge in [-0.2, -0.15) is 0 Å². The predicted octanol–water partition coefficient (Wildman–Crippen LogP) is 7.19. The van der Waals surface area contributed by atoms with Crippen LogP contribution in [-0.2, 0) is 0 Å². The Hall–Kier alpha value is -2.70. The number of hydrogen-bond acceptors (Lipinski definition) is 3. The van der Waals surface area contributed by atoms with Gasteiger partial charge >= 0.3 is 0 Å². The van der Waals surface area contributed by atoms with Gasteiger partial charge in [0, 0.05) is 50.9 Å². The van der Waals surface area contributed by atoms with Gasteiger partial charge in [0.25, 0.3) is 0 Å². The number of fused-ring (bicyclic) bond motifs is 1. The lowest BCUT2D eigenvalue weighted by molar-refractivity contribution is 0.589. The minimum absolute atomic E-state index is 0.0250. The summed E-state index contributed by atoms with van der Waals surface area (Å²) in [6.45, 7) is 3.64. The fraction of sp³-hybridized carbons (Fsp3) is 0.200. The molecule has 0 N–H and O–H groups in total. The van der Waals surface area contributed by atoms with Gasteiger partial charge in [0.2, 0.25) is 0 Å². The van der Waals surface area contributed by atoms with Gasteiger partial charge in [-0.3, -0.25) is 4.98 Å². The standard InChI is InChI=1S/C25H20ClF2N3S/c1-14-11-16(12-15(2)29-14)23-21(27)13-20-22(30-32-19-7-3-17(26)4-8-19)9-10-31(18-5-6-18)25(20)24(23)28/h3-4,7-13,18H,5-6H2,1-2H3/b30-22+. The maximum absolute atomic E-state index is 16.0. The highest BCUT2D eigenvalue weighted by molar-refractivity contribution is 7.98. The van der Waals surface area contributed by atoms with E-state index in [0.717, 1.165) is 29.1 Å². The van der Waals surface area contributed by atoms with E-state index in [1.54, 1.807) is 24.3 Å². The van der Waals surface area contributed by atoms with E-state index in [1.807, 2.05) is 42.8 Å². The Kier molecular flexibility index (Phi) is 5.51. The van der Waals surface area contributed by atoms with Crippen molar-refractivity contribution in [3.8, 4) is 11.1 Å². The SMILES string of the molecule is Cc1cc(-c2c(F)cc3/c(=N/Sc4ccc(Cl)cc4)ccn(C4CC4)c3c2F)cc(C)n1. The van der Waals surface area contributed by atoms with Crippen LogP contribution in [0.1, 0.15) is 30.3 Å². The summed E-state index contributed by atoms with van der Waals surface area (Å²) in [4.78, 5) is 5.22. The monoisotopic (exact) mass is 467 g/mol. The Balaban J connectivity index is 1.72. The van der Waals surface area contributed by atoms with E-state index in [4.69, 9.17) is 11.6 Å². The Morgan fingerprint density at radius 1 is 1.03 bits per heavy atom. The molecule has 2 aromatic heterocycles. The highest BCUT2D eigenvalue weighted by Gasteiger charge is 2.27. The van der Waals surface area contributed by atoms with Crippen molar-refractivity contribution in [3.63, 3.8) is 0 Å². The molecule has 0 unspecified atom stereocenters. The van der Waals surface area contributed by atoms with Crippen LogP contribution < -0.4 is 5.36 Å². The van der Waals surface area contributed by atoms with Gasteiger partial charge in [0.05, 0.1) is 16.4 Å². The molecule has 0 spiro atoms. The minimum atomic E-state index is -0.610. The normalized spacial score (nSPS) is 14.3. The fourth-order valence-electron chi connectivity index (χ4n) is 3.95. The van der Waals surface area contributed by atoms with E-state index >= 15 is 8.78 Å². The highest BCUT2D eigenvalue weighted by Crippen LogP contribution is 2.39. The predicted molar refractivity (Wildman–Crippen MR) is 126 cm³/mol. The zero-order valence-electron chi connectivity index (χ0n) is 17.6. The molecule has 2 heterocycles. The smallest absolute Gasteiger partial charge is 0.158 e. The van der Waals surface area contributed by atoms with Crippen molar-refractivity contribution in [2.75, 3.05) is 0 Å². The molecule has 7 heteroatoms. The van der Waals surface area contributed by atoms with Gasteiger partial charge in [0.1, 0.15) is 5.82 Å². The molecule has 1 aliphatic carbocycles. The Bertz CT molecular complexity index is 1390. The fourth-order valence-corrected chi connectivity index (χ4v) is 4.70. The van der Waals surface area contributed by atoms with Crippen molar-refractivity contribution >= 4 is 34.5 Å². The quantitative estimate of drug-likeness (QED) is 0.297. The van der Waals surface area contributed by atoms with E-state index in [1.165, 1.54) is 18.0 Å². The van der Waals surface area contributed by atoms with Gasteiger partial charge in [0.15, 0.2) is 5.82 Å². The van der Waals surface area contributed by atoms with E-state index in [0.29, 0.717) is 26.8 Å². The molecule has 5 rings (SSSR count). The molecule has 1 aliphatic rings. The number of nitrogens with zero attached hydrogens (tertiary/aromatic N) is 3. The number of benzene rings is 2. The zero-order valence-corrected chi connectivity index (χ0v) is 19.1. The van der Waals surface area contributed by atoms with Crippen molar-refractivity contribution in [1.82, 2.24) is 9.55 Å². The number of aromatic nitrogens is 2. The summed E-state index contributed by atoms with van der Waals surface area (Å²) in [5, 5.41) is 1.63. The third kappa shape index (κ3) is 4.05. The molecule has 0 radical (unpaired) electrons. The molecular formula is C25H20ClF2N3S. The van der Waals surface area contributed by atoms with Gasteiger partial charge < -0.3 is 4.57 Å². The van der Waals surface area contributed by atoms with E-state index in [2.05, 4.69) is 9.38 Å². The van der Waals surface area contributed by atoms with Crippen molar-refractivity contribution in [3.05, 3.63) is 88.1 Å². The largest absolute Gasteiger partial charge is 0.342 e. The van der Waals surface area contributed by atoms with Crippen LogP contribution in [0.25, 0.3) is 22.0 Å². The molecular weight excluding hydrogens is 448 g/mol. The van der Waals surface area contributed by atoms with Gasteiger partial charge in [-0.05, 0) is 80.8 Å². The van der Waals surface area contributed by atoms with Crippen LogP contribution in [0.2, 0.25) is 5.02 Å². The first-order valence-electron chi connectivity index (χ1n) is 10.4. The minimum Gasteiger partial charge on any atom is -0.342 e. The summed E-state index contributed by atoms with van der Waals surface area (Å²) in [7, 11) is 0. The summed E-state index contributed by atoms with van der Waals surface area (Å²) in [5.41, 5.74) is 2.29. The molecule has 3 nitrogen and oxygen atoms in total. The topological polar surface area (TPSA) is 30.2 Å². The third-order valence-corrected chi connectivity index (χ3v) is 6.52. The summed E-state index contributed by atoms with van der Waals surface area (Å²) in [5.74, 6) is -1.17. The van der Waals surface area contributed by atoms with Crippen LogP contribution in [0.15, 0.2) is 64.0 Å². The summed E-state index contributed by atoms with van der Waals surface area (Å²) < 4.78 is 37.8. The van der Waals surface area contributed by atoms with Crippen LogP contribution in [0, 0.1) is 25.5 Å². The average molecular weight is 468 g/mol. The Labute approximate surface area is 193 Å². The van der Waals surface area contributed by atoms with Crippen molar-refractivity contribution in [2.24, 2.45) is 4.40 Å². The first-order valence-corrected chi connectivity index (χ1v) is 11.5. The lowest BCUT2D eigenvalue weighted by atomic mass is 10.0. The van der Waals surface area contributed by atoms with Crippen LogP contribution in [0.4, 0.5) is 8.78 Å². The summed E-state index contributed by atoms with van der Waals surface area (Å²) in [6.07, 6.45) is 3.82. The second-order valence-electron chi connectivity index (χ2n) is 8.06. The van der Waals surface area contributed by atoms with Crippen LogP contribution >= 0.6 is 23.5 Å². The lowest BCUT2D eigenvalue weighted by Crippen LogP contribution is -2.11. The molecule has 4 aromatic rings. The molecule has 0 atom stereocenters. The number of halogens is 3. The van der Waals surface area contributed by atoms with Crippen molar-refractivity contribution in [2.45, 2.75) is 37.6 Å². The molecule has 162 valence electrons. The number of pyridine rings is 2. The van der Waals surface area contributed by atoms with Crippen LogP contribution in [0.3, 0.4) is 0 Å². The molecule has 0 amide bonds. The molecule has 1 fully saturated rings. The summed E-state index contributed by atoms with van der Waals surface area (Å²) in [6, 6.07) is 14.2. The third-order valence-electron chi connectivity index (χ3n) is 5.49. The highest BCUT2D eigenvalue weighted by atomic mass is 35.5. The summed E-state index contributed by atoms with van der Waals surface area (Å²) >= 11 is 7.20. The first kappa shape index (κ1) is 21.2. The molecule has 0 aliphatic heterocycles. The maximum atomic E-state index is 16.0. The maximum Gasteiger partial charge on any atom is 0.158 e. The number of rotatable bonds is 4. The molecule has 32 heavy (non-hydrogen) atoms. The average Bonchev–Trinajstić information content (AvgIpc) is 3.58. The van der Waals surface area contributed by atoms with Crippen molar-refractivity contribution < 1.29 is 8.78 Å². The second-order valence-corrected chi connectivity index (χ2v) is 9.33. The number of hydrogen-bond donors (Lipinski definition) is 0. The Morgan fingerprint density at radius 2 is 1.72 bits per heavy atom. The lowest BCUT2D eigenvalue weighted by Gasteiger charge is -2.15. The van der Waals surface area contributed by atoms with Gasteiger partial charge in [-0.25, -0.2) is 13.2 Å². The van der Waals surface area contributed by atoms with Crippen LogP contribution in [-0.4, -0.2) is 9.55 Å². The van der Waals surface area contributed by atoms with Gasteiger partial charge in [-0.1, -0.05) is 11.6 Å². The van der Waals surface area contributed by atoms with E-state index < -0.39 is 11.6 Å². The van der Waals surface area contributed by atoms with E-state index in [9.17, 15) is 0 Å². The molecule has 1 saturated carbocycles. The zero-order chi connectivity index (χ0) is 22.4. The molecule has 2 aromatic carbocycles. The number of aryl methyl sites for hydroxylation is 2. The van der Waals surface area contributed by atoms with Crippen LogP contribution in [0.5, 0.6) is 0 Å². The molecule has 0 bridgehead atoms. The molecule has 0 saturated heterocycles. The first-order chi connectivity index (χ1) is 15.4. The van der Waals surface area contributed by atoms with Gasteiger partial charge in [-0.15, -0.1) is 0 Å². The van der Waals surface area contributed by atoms with E-state index in [-0.39, 0.29) is 11.6 Å². The second kappa shape index (κ2) is 8.34. The van der Waals surface area contributed by atoms with Crippen molar-refractivity contribution in [1.29, 1.82) is 0 Å². The Morgan fingerprint density at radius 3 is 2.38 bits per heavy atom.